The van der Waals surface area contributed by atoms with Crippen LogP contribution in [0, 0.1) is 0 Å². The molecule has 28 heavy (non-hydrogen) atoms. The summed E-state index contributed by atoms with van der Waals surface area (Å²) in [5, 5.41) is 16.8. The summed E-state index contributed by atoms with van der Waals surface area (Å²) in [6, 6.07) is 9.55. The fourth-order valence-electron chi connectivity index (χ4n) is 3.11. The Morgan fingerprint density at radius 1 is 1.18 bits per heavy atom. The fraction of sp³-hybridized carbons (Fsp3) is 0.300. The van der Waals surface area contributed by atoms with Crippen LogP contribution in [0.5, 0.6) is 0 Å². The Kier molecular flexibility index (Phi) is 5.25. The second kappa shape index (κ2) is 7.98. The average molecular weight is 397 g/mol. The number of aromatic nitrogens is 5. The van der Waals surface area contributed by atoms with Crippen molar-refractivity contribution in [3.63, 3.8) is 0 Å². The van der Waals surface area contributed by atoms with Gasteiger partial charge in [0.15, 0.2) is 5.65 Å². The molecule has 1 N–H and O–H groups in total. The van der Waals surface area contributed by atoms with Gasteiger partial charge in [-0.1, -0.05) is 37.1 Å². The van der Waals surface area contributed by atoms with Gasteiger partial charge in [-0.2, -0.15) is 5.10 Å². The van der Waals surface area contributed by atoms with Crippen molar-refractivity contribution in [2.45, 2.75) is 32.6 Å². The second-order valence-corrected chi connectivity index (χ2v) is 7.11. The van der Waals surface area contributed by atoms with Crippen molar-refractivity contribution in [2.75, 3.05) is 6.54 Å². The molecule has 0 spiro atoms. The number of rotatable bonds is 7. The van der Waals surface area contributed by atoms with Crippen LogP contribution in [0.2, 0.25) is 5.02 Å². The monoisotopic (exact) mass is 396 g/mol. The van der Waals surface area contributed by atoms with Crippen molar-refractivity contribution >= 4 is 28.7 Å². The maximum atomic E-state index is 12.0. The predicted molar refractivity (Wildman–Crippen MR) is 108 cm³/mol. The number of unbranched alkanes of at least 4 members (excludes halogenated alkanes) is 1. The van der Waals surface area contributed by atoms with Gasteiger partial charge in [0.25, 0.3) is 0 Å². The number of nitrogens with zero attached hydrogens (tertiary/aromatic N) is 5. The van der Waals surface area contributed by atoms with Crippen LogP contribution >= 0.6 is 11.6 Å². The average Bonchev–Trinajstić information content (AvgIpc) is 3.31. The minimum absolute atomic E-state index is 0.0423. The minimum Gasteiger partial charge on any atom is -0.356 e. The maximum Gasteiger partial charge on any atom is 0.220 e. The van der Waals surface area contributed by atoms with E-state index in [4.69, 9.17) is 11.6 Å². The van der Waals surface area contributed by atoms with Crippen molar-refractivity contribution in [2.24, 2.45) is 0 Å². The number of aryl methyl sites for hydroxylation is 1. The minimum atomic E-state index is 0.0423. The summed E-state index contributed by atoms with van der Waals surface area (Å²) in [4.78, 5) is 12.0. The van der Waals surface area contributed by atoms with Crippen LogP contribution in [-0.4, -0.2) is 36.7 Å². The Labute approximate surface area is 167 Å². The highest BCUT2D eigenvalue weighted by atomic mass is 35.5. The first-order chi connectivity index (χ1) is 13.7. The van der Waals surface area contributed by atoms with E-state index in [1.165, 1.54) is 0 Å². The van der Waals surface area contributed by atoms with Crippen LogP contribution in [-0.2, 0) is 11.2 Å². The van der Waals surface area contributed by atoms with E-state index in [1.807, 2.05) is 47.1 Å². The number of carbonyl (C=O) groups excluding carboxylic acids is 1. The lowest BCUT2D eigenvalue weighted by atomic mass is 10.1. The maximum absolute atomic E-state index is 12.0. The van der Waals surface area contributed by atoms with Crippen molar-refractivity contribution in [3.8, 4) is 11.3 Å². The smallest absolute Gasteiger partial charge is 0.220 e. The Bertz CT molecular complexity index is 1120. The highest BCUT2D eigenvalue weighted by Crippen LogP contribution is 2.23. The Balaban J connectivity index is 1.57. The number of hydrogen-bond acceptors (Lipinski definition) is 4. The molecule has 3 heterocycles. The van der Waals surface area contributed by atoms with Gasteiger partial charge in [0.2, 0.25) is 5.91 Å². The van der Waals surface area contributed by atoms with Gasteiger partial charge in [0.1, 0.15) is 11.3 Å². The molecule has 3 aromatic heterocycles. The summed E-state index contributed by atoms with van der Waals surface area (Å²) >= 11 is 5.97. The Morgan fingerprint density at radius 3 is 2.79 bits per heavy atom. The standard InChI is InChI=1S/C20H21ClN6O/c1-2-3-10-22-19(28)9-8-18-23-24-20-17-13-16(14-4-6-15(21)7-5-14)25-27(17)12-11-26(18)20/h4-7,11-13H,2-3,8-10H2,1H3,(H,22,28). The molecular weight excluding hydrogens is 376 g/mol. The molecule has 144 valence electrons. The molecule has 8 heteroatoms. The molecule has 0 aliphatic heterocycles. The lowest BCUT2D eigenvalue weighted by Crippen LogP contribution is -2.24. The van der Waals surface area contributed by atoms with Gasteiger partial charge in [0, 0.05) is 42.4 Å². The van der Waals surface area contributed by atoms with Gasteiger partial charge < -0.3 is 5.32 Å². The highest BCUT2D eigenvalue weighted by Gasteiger charge is 2.13. The molecule has 4 rings (SSSR count). The molecule has 7 nitrogen and oxygen atoms in total. The van der Waals surface area contributed by atoms with Gasteiger partial charge in [-0.25, -0.2) is 4.52 Å². The molecule has 1 aromatic carbocycles. The highest BCUT2D eigenvalue weighted by molar-refractivity contribution is 6.30. The second-order valence-electron chi connectivity index (χ2n) is 6.68. The number of halogens is 1. The molecular formula is C20H21ClN6O. The van der Waals surface area contributed by atoms with Crippen molar-refractivity contribution < 1.29 is 4.79 Å². The molecule has 0 saturated carbocycles. The van der Waals surface area contributed by atoms with E-state index in [0.717, 1.165) is 47.6 Å². The normalized spacial score (nSPS) is 11.4. The third-order valence-electron chi connectivity index (χ3n) is 4.66. The first-order valence-corrected chi connectivity index (χ1v) is 9.78. The molecule has 0 bridgehead atoms. The van der Waals surface area contributed by atoms with E-state index in [-0.39, 0.29) is 5.91 Å². The zero-order valence-electron chi connectivity index (χ0n) is 15.6. The summed E-state index contributed by atoms with van der Waals surface area (Å²) in [7, 11) is 0. The number of hydrogen-bond donors (Lipinski definition) is 1. The lowest BCUT2D eigenvalue weighted by molar-refractivity contribution is -0.121. The number of amides is 1. The Morgan fingerprint density at radius 2 is 2.00 bits per heavy atom. The van der Waals surface area contributed by atoms with Crippen LogP contribution in [0.25, 0.3) is 22.4 Å². The molecule has 0 radical (unpaired) electrons. The summed E-state index contributed by atoms with van der Waals surface area (Å²) in [5.41, 5.74) is 3.40. The van der Waals surface area contributed by atoms with Crippen molar-refractivity contribution in [3.05, 3.63) is 53.6 Å². The third kappa shape index (κ3) is 3.71. The molecule has 0 unspecified atom stereocenters. The SMILES string of the molecule is CCCCNC(=O)CCc1nnc2c3cc(-c4ccc(Cl)cc4)nn3ccn12. The number of carbonyl (C=O) groups is 1. The zero-order valence-corrected chi connectivity index (χ0v) is 16.4. The summed E-state index contributed by atoms with van der Waals surface area (Å²) in [6.45, 7) is 2.82. The quantitative estimate of drug-likeness (QED) is 0.485. The first kappa shape index (κ1) is 18.4. The van der Waals surface area contributed by atoms with Gasteiger partial charge in [-0.05, 0) is 24.6 Å². The van der Waals surface area contributed by atoms with Gasteiger partial charge in [0.05, 0.1) is 5.69 Å². The molecule has 0 aliphatic carbocycles. The van der Waals surface area contributed by atoms with Crippen LogP contribution in [0.4, 0.5) is 0 Å². The van der Waals surface area contributed by atoms with Crippen molar-refractivity contribution in [1.82, 2.24) is 29.5 Å². The van der Waals surface area contributed by atoms with E-state index >= 15 is 0 Å². The topological polar surface area (TPSA) is 76.6 Å². The molecule has 0 aliphatic rings. The number of benzene rings is 1. The van der Waals surface area contributed by atoms with Crippen LogP contribution < -0.4 is 5.32 Å². The lowest BCUT2D eigenvalue weighted by Gasteiger charge is -2.03. The molecule has 0 atom stereocenters. The Hall–Kier alpha value is -2.93. The van der Waals surface area contributed by atoms with Gasteiger partial charge in [-0.3, -0.25) is 9.20 Å². The molecule has 4 aromatic rings. The summed E-state index contributed by atoms with van der Waals surface area (Å²) in [6.07, 6.45) is 6.74. The van der Waals surface area contributed by atoms with E-state index in [9.17, 15) is 4.79 Å². The molecule has 0 saturated heterocycles. The number of nitrogens with one attached hydrogen (secondary N) is 1. The largest absolute Gasteiger partial charge is 0.356 e. The van der Waals surface area contributed by atoms with Crippen LogP contribution in [0.3, 0.4) is 0 Å². The molecule has 1 amide bonds. The van der Waals surface area contributed by atoms with Crippen LogP contribution in [0.15, 0.2) is 42.7 Å². The zero-order chi connectivity index (χ0) is 19.5. The van der Waals surface area contributed by atoms with Crippen molar-refractivity contribution in [1.29, 1.82) is 0 Å². The summed E-state index contributed by atoms with van der Waals surface area (Å²) in [5.74, 6) is 0.804. The predicted octanol–water partition coefficient (Wildman–Crippen LogP) is 3.55. The van der Waals surface area contributed by atoms with Gasteiger partial charge in [-0.15, -0.1) is 10.2 Å². The van der Waals surface area contributed by atoms with Crippen LogP contribution in [0.1, 0.15) is 32.0 Å². The van der Waals surface area contributed by atoms with E-state index in [1.54, 1.807) is 4.52 Å². The van der Waals surface area contributed by atoms with E-state index < -0.39 is 0 Å². The summed E-state index contributed by atoms with van der Waals surface area (Å²) < 4.78 is 3.71. The third-order valence-corrected chi connectivity index (χ3v) is 4.91. The number of fused-ring (bicyclic) bond motifs is 3. The molecule has 0 fully saturated rings. The van der Waals surface area contributed by atoms with Gasteiger partial charge >= 0.3 is 0 Å². The first-order valence-electron chi connectivity index (χ1n) is 9.40. The van der Waals surface area contributed by atoms with E-state index in [0.29, 0.717) is 17.9 Å². The fourth-order valence-corrected chi connectivity index (χ4v) is 3.24. The van der Waals surface area contributed by atoms with E-state index in [2.05, 4.69) is 27.5 Å².